The van der Waals surface area contributed by atoms with Crippen LogP contribution in [0.3, 0.4) is 0 Å². The highest BCUT2D eigenvalue weighted by Crippen LogP contribution is 2.21. The minimum atomic E-state index is -0.206. The lowest BCUT2D eigenvalue weighted by Crippen LogP contribution is -2.37. The molecule has 0 amide bonds. The fourth-order valence-electron chi connectivity index (χ4n) is 2.80. The average molecular weight is 357 g/mol. The summed E-state index contributed by atoms with van der Waals surface area (Å²) in [6.07, 6.45) is 1.76. The second-order valence-electron chi connectivity index (χ2n) is 5.99. The third kappa shape index (κ3) is 4.92. The summed E-state index contributed by atoms with van der Waals surface area (Å²) >= 11 is 0. The van der Waals surface area contributed by atoms with E-state index in [1.807, 2.05) is 35.2 Å². The van der Waals surface area contributed by atoms with E-state index in [1.54, 1.807) is 19.3 Å². The lowest BCUT2D eigenvalue weighted by atomic mass is 10.1. The highest BCUT2D eigenvalue weighted by molar-refractivity contribution is 5.79. The molecular weight excluding hydrogens is 333 g/mol. The molecule has 0 spiro atoms. The SMILES string of the molecule is CN=C(NCc1ccc(N2CCOCC2)c(F)c1)NCc1ccccn1. The summed E-state index contributed by atoms with van der Waals surface area (Å²) in [5.74, 6) is 0.441. The van der Waals surface area contributed by atoms with Gasteiger partial charge in [0.05, 0.1) is 31.1 Å². The molecular formula is C19H24FN5O. The first-order chi connectivity index (χ1) is 12.8. The van der Waals surface area contributed by atoms with Gasteiger partial charge in [-0.3, -0.25) is 9.98 Å². The molecule has 0 atom stereocenters. The molecule has 0 saturated carbocycles. The van der Waals surface area contributed by atoms with Gasteiger partial charge in [0.1, 0.15) is 5.82 Å². The number of halogens is 1. The lowest BCUT2D eigenvalue weighted by Gasteiger charge is -2.29. The number of pyridine rings is 1. The quantitative estimate of drug-likeness (QED) is 0.632. The minimum absolute atomic E-state index is 0.206. The molecule has 2 aromatic rings. The van der Waals surface area contributed by atoms with Gasteiger partial charge >= 0.3 is 0 Å². The first-order valence-electron chi connectivity index (χ1n) is 8.72. The summed E-state index contributed by atoms with van der Waals surface area (Å²) in [6.45, 7) is 3.78. The van der Waals surface area contributed by atoms with Crippen LogP contribution in [0.15, 0.2) is 47.6 Å². The highest BCUT2D eigenvalue weighted by atomic mass is 19.1. The van der Waals surface area contributed by atoms with Crippen LogP contribution < -0.4 is 15.5 Å². The molecule has 2 N–H and O–H groups in total. The molecule has 6 nitrogen and oxygen atoms in total. The molecule has 0 radical (unpaired) electrons. The first-order valence-corrected chi connectivity index (χ1v) is 8.72. The maximum atomic E-state index is 14.4. The molecule has 2 heterocycles. The molecule has 0 bridgehead atoms. The van der Waals surface area contributed by atoms with Crippen molar-refractivity contribution >= 4 is 11.6 Å². The van der Waals surface area contributed by atoms with E-state index in [9.17, 15) is 4.39 Å². The van der Waals surface area contributed by atoms with E-state index in [0.717, 1.165) is 24.3 Å². The molecule has 7 heteroatoms. The maximum absolute atomic E-state index is 14.4. The Kier molecular flexibility index (Phi) is 6.38. The summed E-state index contributed by atoms with van der Waals surface area (Å²) in [5, 5.41) is 6.39. The van der Waals surface area contributed by atoms with E-state index in [1.165, 1.54) is 0 Å². The van der Waals surface area contributed by atoms with E-state index in [-0.39, 0.29) is 5.82 Å². The Morgan fingerprint density at radius 1 is 1.19 bits per heavy atom. The van der Waals surface area contributed by atoms with Gasteiger partial charge in [0.15, 0.2) is 5.96 Å². The Labute approximate surface area is 153 Å². The van der Waals surface area contributed by atoms with Crippen LogP contribution in [0.25, 0.3) is 0 Å². The number of aromatic nitrogens is 1. The third-order valence-corrected chi connectivity index (χ3v) is 4.21. The Morgan fingerprint density at radius 2 is 2.00 bits per heavy atom. The number of nitrogens with zero attached hydrogens (tertiary/aromatic N) is 3. The molecule has 1 aliphatic heterocycles. The number of benzene rings is 1. The average Bonchev–Trinajstić information content (AvgIpc) is 2.69. The van der Waals surface area contributed by atoms with E-state index in [0.29, 0.717) is 38.0 Å². The van der Waals surface area contributed by atoms with E-state index in [2.05, 4.69) is 20.6 Å². The topological polar surface area (TPSA) is 61.8 Å². The monoisotopic (exact) mass is 357 g/mol. The van der Waals surface area contributed by atoms with Crippen molar-refractivity contribution in [3.8, 4) is 0 Å². The number of hydrogen-bond donors (Lipinski definition) is 2. The van der Waals surface area contributed by atoms with Gasteiger partial charge in [0.2, 0.25) is 0 Å². The maximum Gasteiger partial charge on any atom is 0.191 e. The van der Waals surface area contributed by atoms with Gasteiger partial charge in [-0.1, -0.05) is 12.1 Å². The van der Waals surface area contributed by atoms with Gasteiger partial charge < -0.3 is 20.3 Å². The van der Waals surface area contributed by atoms with Crippen LogP contribution in [0.2, 0.25) is 0 Å². The molecule has 1 aromatic heterocycles. The second kappa shape index (κ2) is 9.15. The summed E-state index contributed by atoms with van der Waals surface area (Å²) in [6, 6.07) is 11.1. The van der Waals surface area contributed by atoms with Crippen LogP contribution in [0.4, 0.5) is 10.1 Å². The normalized spacial score (nSPS) is 15.0. The number of nitrogens with one attached hydrogen (secondary N) is 2. The predicted molar refractivity (Wildman–Crippen MR) is 101 cm³/mol. The summed E-state index contributed by atoms with van der Waals surface area (Å²) in [4.78, 5) is 10.5. The zero-order chi connectivity index (χ0) is 18.2. The predicted octanol–water partition coefficient (Wildman–Crippen LogP) is 1.92. The van der Waals surface area contributed by atoms with Crippen molar-refractivity contribution in [3.63, 3.8) is 0 Å². The Bertz CT molecular complexity index is 732. The van der Waals surface area contributed by atoms with Gasteiger partial charge in [0, 0.05) is 32.9 Å². The van der Waals surface area contributed by atoms with Gasteiger partial charge in [-0.05, 0) is 29.8 Å². The molecule has 26 heavy (non-hydrogen) atoms. The number of morpholine rings is 1. The van der Waals surface area contributed by atoms with Gasteiger partial charge in [-0.2, -0.15) is 0 Å². The Hall–Kier alpha value is -2.67. The van der Waals surface area contributed by atoms with E-state index in [4.69, 9.17) is 4.74 Å². The van der Waals surface area contributed by atoms with Crippen LogP contribution >= 0.6 is 0 Å². The van der Waals surface area contributed by atoms with E-state index >= 15 is 0 Å². The van der Waals surface area contributed by atoms with E-state index < -0.39 is 0 Å². The molecule has 0 aliphatic carbocycles. The number of aliphatic imine (C=N–C) groups is 1. The first kappa shape index (κ1) is 18.1. The molecule has 1 aromatic carbocycles. The number of anilines is 1. The summed E-state index contributed by atoms with van der Waals surface area (Å²) in [7, 11) is 1.70. The van der Waals surface area contributed by atoms with Crippen molar-refractivity contribution in [1.82, 2.24) is 15.6 Å². The van der Waals surface area contributed by atoms with Crippen molar-refractivity contribution < 1.29 is 9.13 Å². The Balaban J connectivity index is 1.53. The molecule has 1 saturated heterocycles. The Morgan fingerprint density at radius 3 is 2.69 bits per heavy atom. The van der Waals surface area contributed by atoms with Crippen molar-refractivity contribution in [2.45, 2.75) is 13.1 Å². The number of rotatable bonds is 5. The molecule has 3 rings (SSSR count). The molecule has 138 valence electrons. The smallest absolute Gasteiger partial charge is 0.191 e. The summed E-state index contributed by atoms with van der Waals surface area (Å²) in [5.41, 5.74) is 2.42. The molecule has 1 aliphatic rings. The zero-order valence-corrected chi connectivity index (χ0v) is 14.9. The minimum Gasteiger partial charge on any atom is -0.378 e. The van der Waals surface area contributed by atoms with Crippen LogP contribution in [-0.2, 0) is 17.8 Å². The standard InChI is InChI=1S/C19H24FN5O/c1-21-19(24-14-16-4-2-3-7-22-16)23-13-15-5-6-18(17(20)12-15)25-8-10-26-11-9-25/h2-7,12H,8-11,13-14H2,1H3,(H2,21,23,24). The fraction of sp³-hybridized carbons (Fsp3) is 0.368. The fourth-order valence-corrected chi connectivity index (χ4v) is 2.80. The van der Waals surface area contributed by atoms with Crippen molar-refractivity contribution in [3.05, 3.63) is 59.7 Å². The van der Waals surface area contributed by atoms with Crippen LogP contribution in [0.5, 0.6) is 0 Å². The molecule has 1 fully saturated rings. The molecule has 0 unspecified atom stereocenters. The van der Waals surface area contributed by atoms with Crippen molar-refractivity contribution in [2.24, 2.45) is 4.99 Å². The zero-order valence-electron chi connectivity index (χ0n) is 14.9. The number of hydrogen-bond acceptors (Lipinski definition) is 4. The van der Waals surface area contributed by atoms with Crippen molar-refractivity contribution in [1.29, 1.82) is 0 Å². The van der Waals surface area contributed by atoms with Crippen LogP contribution in [0.1, 0.15) is 11.3 Å². The largest absolute Gasteiger partial charge is 0.378 e. The van der Waals surface area contributed by atoms with Crippen molar-refractivity contribution in [2.75, 3.05) is 38.3 Å². The lowest BCUT2D eigenvalue weighted by molar-refractivity contribution is 0.122. The van der Waals surface area contributed by atoms with Gasteiger partial charge in [-0.25, -0.2) is 4.39 Å². The van der Waals surface area contributed by atoms with Gasteiger partial charge in [-0.15, -0.1) is 0 Å². The van der Waals surface area contributed by atoms with Gasteiger partial charge in [0.25, 0.3) is 0 Å². The number of ether oxygens (including phenoxy) is 1. The van der Waals surface area contributed by atoms with Crippen LogP contribution in [0, 0.1) is 5.82 Å². The summed E-state index contributed by atoms with van der Waals surface area (Å²) < 4.78 is 19.8. The second-order valence-corrected chi connectivity index (χ2v) is 5.99. The van der Waals surface area contributed by atoms with Crippen LogP contribution in [-0.4, -0.2) is 44.3 Å². The highest BCUT2D eigenvalue weighted by Gasteiger charge is 2.15. The third-order valence-electron chi connectivity index (χ3n) is 4.21. The number of guanidine groups is 1.